The van der Waals surface area contributed by atoms with E-state index < -0.39 is 5.66 Å². The van der Waals surface area contributed by atoms with Crippen molar-refractivity contribution in [2.45, 2.75) is 44.8 Å². The van der Waals surface area contributed by atoms with E-state index in [2.05, 4.69) is 36.5 Å². The van der Waals surface area contributed by atoms with E-state index in [0.29, 0.717) is 24.5 Å². The zero-order chi connectivity index (χ0) is 20.6. The summed E-state index contributed by atoms with van der Waals surface area (Å²) in [6.07, 6.45) is 2.13. The number of hydrogen-bond donors (Lipinski definition) is 2. The number of nitrogens with one attached hydrogen (secondary N) is 1. The molecule has 2 aromatic carbocycles. The van der Waals surface area contributed by atoms with Crippen molar-refractivity contribution in [1.82, 2.24) is 10.2 Å². The number of phenolic OH excluding ortho intramolecular Hbond substituents is 1. The maximum atomic E-state index is 11.8. The number of phenols is 1. The van der Waals surface area contributed by atoms with E-state index in [1.165, 1.54) is 5.56 Å². The van der Waals surface area contributed by atoms with Gasteiger partial charge >= 0.3 is 0 Å². The molecule has 2 heterocycles. The molecule has 29 heavy (non-hydrogen) atoms. The van der Waals surface area contributed by atoms with Crippen molar-refractivity contribution in [3.63, 3.8) is 0 Å². The van der Waals surface area contributed by atoms with E-state index in [4.69, 9.17) is 16.6 Å². The molecule has 1 amide bonds. The second kappa shape index (κ2) is 7.81. The Balaban J connectivity index is 1.71. The van der Waals surface area contributed by atoms with Crippen molar-refractivity contribution >= 4 is 23.2 Å². The summed E-state index contributed by atoms with van der Waals surface area (Å²) in [6, 6.07) is 13.4. The van der Waals surface area contributed by atoms with Gasteiger partial charge in [-0.1, -0.05) is 41.4 Å². The summed E-state index contributed by atoms with van der Waals surface area (Å²) in [6.45, 7) is 5.02. The Morgan fingerprint density at radius 2 is 1.90 bits per heavy atom. The van der Waals surface area contributed by atoms with Gasteiger partial charge in [0.15, 0.2) is 0 Å². The molecule has 5 nitrogen and oxygen atoms in total. The third kappa shape index (κ3) is 4.16. The zero-order valence-corrected chi connectivity index (χ0v) is 17.5. The lowest BCUT2D eigenvalue weighted by atomic mass is 9.87. The predicted octanol–water partition coefficient (Wildman–Crippen LogP) is 4.22. The molecule has 2 aliphatic rings. The van der Waals surface area contributed by atoms with Crippen molar-refractivity contribution < 1.29 is 9.90 Å². The first-order chi connectivity index (χ1) is 13.8. The molecule has 1 fully saturated rings. The van der Waals surface area contributed by atoms with Gasteiger partial charge in [-0.15, -0.1) is 0 Å². The lowest BCUT2D eigenvalue weighted by Gasteiger charge is -2.45. The second-order valence-corrected chi connectivity index (χ2v) is 8.50. The SMILES string of the molecule is CC(=O)N1CCC2(CC1)N=C(c1ccc(C)cc1)CC(c1cc(Cl)ccc1O)N2. The smallest absolute Gasteiger partial charge is 0.219 e. The van der Waals surface area contributed by atoms with Gasteiger partial charge in [-0.05, 0) is 30.7 Å². The molecule has 152 valence electrons. The zero-order valence-electron chi connectivity index (χ0n) is 16.8. The van der Waals surface area contributed by atoms with Crippen LogP contribution in [0.25, 0.3) is 0 Å². The average molecular weight is 412 g/mol. The van der Waals surface area contributed by atoms with Gasteiger partial charge in [0.1, 0.15) is 11.4 Å². The molecule has 6 heteroatoms. The van der Waals surface area contributed by atoms with Crippen molar-refractivity contribution in [3.8, 4) is 5.75 Å². The monoisotopic (exact) mass is 411 g/mol. The molecule has 0 aliphatic carbocycles. The molecule has 4 rings (SSSR count). The Kier molecular flexibility index (Phi) is 5.36. The highest BCUT2D eigenvalue weighted by Crippen LogP contribution is 2.38. The van der Waals surface area contributed by atoms with E-state index in [1.807, 2.05) is 11.0 Å². The van der Waals surface area contributed by atoms with Gasteiger partial charge in [-0.2, -0.15) is 0 Å². The summed E-state index contributed by atoms with van der Waals surface area (Å²) in [7, 11) is 0. The van der Waals surface area contributed by atoms with Gasteiger partial charge in [-0.3, -0.25) is 15.1 Å². The van der Waals surface area contributed by atoms with Crippen LogP contribution in [-0.2, 0) is 4.79 Å². The molecule has 2 aromatic rings. The molecular weight excluding hydrogens is 386 g/mol. The van der Waals surface area contributed by atoms with E-state index in [-0.39, 0.29) is 17.7 Å². The highest BCUT2D eigenvalue weighted by molar-refractivity contribution is 6.30. The molecule has 1 saturated heterocycles. The Labute approximate surface area is 176 Å². The fraction of sp³-hybridized carbons (Fsp3) is 0.391. The molecule has 0 bridgehead atoms. The number of benzene rings is 2. The summed E-state index contributed by atoms with van der Waals surface area (Å²) in [5.74, 6) is 0.329. The quantitative estimate of drug-likeness (QED) is 0.777. The highest BCUT2D eigenvalue weighted by Gasteiger charge is 2.41. The van der Waals surface area contributed by atoms with Crippen LogP contribution in [0, 0.1) is 6.92 Å². The summed E-state index contributed by atoms with van der Waals surface area (Å²) in [5, 5.41) is 14.8. The molecule has 0 aromatic heterocycles. The molecule has 2 N–H and O–H groups in total. The number of carbonyl (C=O) groups is 1. The first kappa shape index (κ1) is 19.9. The lowest BCUT2D eigenvalue weighted by molar-refractivity contribution is -0.130. The van der Waals surface area contributed by atoms with Crippen molar-refractivity contribution in [3.05, 3.63) is 64.2 Å². The molecule has 1 spiro atoms. The van der Waals surface area contributed by atoms with Crippen LogP contribution in [0.1, 0.15) is 48.9 Å². The van der Waals surface area contributed by atoms with Gasteiger partial charge in [0.05, 0.1) is 0 Å². The maximum Gasteiger partial charge on any atom is 0.219 e. The van der Waals surface area contributed by atoms with Crippen LogP contribution < -0.4 is 5.32 Å². The third-order valence-corrected chi connectivity index (χ3v) is 6.21. The van der Waals surface area contributed by atoms with Crippen LogP contribution in [0.4, 0.5) is 0 Å². The number of aliphatic imine (C=N–C) groups is 1. The summed E-state index contributed by atoms with van der Waals surface area (Å²) in [4.78, 5) is 18.8. The molecular formula is C23H26ClN3O2. The number of halogens is 1. The van der Waals surface area contributed by atoms with E-state index in [1.54, 1.807) is 19.1 Å². The van der Waals surface area contributed by atoms with Crippen molar-refractivity contribution in [2.24, 2.45) is 4.99 Å². The minimum atomic E-state index is -0.455. The highest BCUT2D eigenvalue weighted by atomic mass is 35.5. The van der Waals surface area contributed by atoms with Gasteiger partial charge in [0.2, 0.25) is 5.91 Å². The molecule has 0 radical (unpaired) electrons. The summed E-state index contributed by atoms with van der Waals surface area (Å²) in [5.41, 5.74) is 3.65. The van der Waals surface area contributed by atoms with Gasteiger partial charge in [0.25, 0.3) is 0 Å². The van der Waals surface area contributed by atoms with E-state index in [0.717, 1.165) is 29.7 Å². The minimum Gasteiger partial charge on any atom is -0.508 e. The number of piperidine rings is 1. The fourth-order valence-corrected chi connectivity index (χ4v) is 4.45. The number of hydrogen-bond acceptors (Lipinski definition) is 4. The summed E-state index contributed by atoms with van der Waals surface area (Å²) >= 11 is 6.22. The van der Waals surface area contributed by atoms with E-state index >= 15 is 0 Å². The third-order valence-electron chi connectivity index (χ3n) is 5.98. The number of nitrogens with zero attached hydrogens (tertiary/aromatic N) is 2. The number of likely N-dealkylation sites (tertiary alicyclic amines) is 1. The van der Waals surface area contributed by atoms with Gasteiger partial charge in [0, 0.05) is 61.6 Å². The summed E-state index contributed by atoms with van der Waals surface area (Å²) < 4.78 is 0. The maximum absolute atomic E-state index is 11.8. The Morgan fingerprint density at radius 3 is 2.55 bits per heavy atom. The van der Waals surface area contributed by atoms with Crippen molar-refractivity contribution in [1.29, 1.82) is 0 Å². The van der Waals surface area contributed by atoms with Crippen LogP contribution in [0.3, 0.4) is 0 Å². The predicted molar refractivity (Wildman–Crippen MR) is 116 cm³/mol. The normalized spacial score (nSPS) is 21.1. The number of aryl methyl sites for hydroxylation is 1. The average Bonchev–Trinajstić information content (AvgIpc) is 2.70. The molecule has 2 aliphatic heterocycles. The molecule has 1 unspecified atom stereocenters. The van der Waals surface area contributed by atoms with E-state index in [9.17, 15) is 9.90 Å². The van der Waals surface area contributed by atoms with Crippen LogP contribution in [0.5, 0.6) is 5.75 Å². The lowest BCUT2D eigenvalue weighted by Crippen LogP contribution is -2.56. The topological polar surface area (TPSA) is 64.9 Å². The molecule has 0 saturated carbocycles. The van der Waals surface area contributed by atoms with Crippen LogP contribution in [0.2, 0.25) is 5.02 Å². The largest absolute Gasteiger partial charge is 0.508 e. The fourth-order valence-electron chi connectivity index (χ4n) is 4.27. The molecule has 1 atom stereocenters. The van der Waals surface area contributed by atoms with Crippen LogP contribution in [0.15, 0.2) is 47.5 Å². The number of rotatable bonds is 2. The first-order valence-electron chi connectivity index (χ1n) is 10.0. The minimum absolute atomic E-state index is 0.0995. The Hall–Kier alpha value is -2.37. The van der Waals surface area contributed by atoms with Crippen LogP contribution in [-0.4, -0.2) is 40.4 Å². The first-order valence-corrected chi connectivity index (χ1v) is 10.4. The van der Waals surface area contributed by atoms with Gasteiger partial charge in [-0.25, -0.2) is 0 Å². The van der Waals surface area contributed by atoms with Gasteiger partial charge < -0.3 is 10.0 Å². The number of aromatic hydroxyl groups is 1. The number of amides is 1. The van der Waals surface area contributed by atoms with Crippen LogP contribution >= 0.6 is 11.6 Å². The van der Waals surface area contributed by atoms with Crippen molar-refractivity contribution in [2.75, 3.05) is 13.1 Å². The standard InChI is InChI=1S/C23H26ClN3O2/c1-15-3-5-17(6-4-15)20-14-21(19-13-18(24)7-8-22(19)29)26-23(25-20)9-11-27(12-10-23)16(2)28/h3-8,13,21,26,29H,9-12,14H2,1-2H3. The second-order valence-electron chi connectivity index (χ2n) is 8.07. The number of carbonyl (C=O) groups excluding carboxylic acids is 1. The Bertz CT molecular complexity index is 947. The Morgan fingerprint density at radius 1 is 1.21 bits per heavy atom.